The van der Waals surface area contributed by atoms with Crippen molar-refractivity contribution in [2.24, 2.45) is 0 Å². The maximum Gasteiger partial charge on any atom is 0.104 e. The first-order valence-corrected chi connectivity index (χ1v) is 8.77. The molecule has 1 nitrogen and oxygen atoms in total. The predicted molar refractivity (Wildman–Crippen MR) is 89.9 cm³/mol. The summed E-state index contributed by atoms with van der Waals surface area (Å²) in [6.45, 7) is 2.16. The van der Waals surface area contributed by atoms with Crippen LogP contribution in [0.25, 0.3) is 0 Å². The fourth-order valence-corrected chi connectivity index (χ4v) is 3.61. The van der Waals surface area contributed by atoms with Crippen molar-refractivity contribution in [3.63, 3.8) is 0 Å². The smallest absolute Gasteiger partial charge is 0.104 e. The van der Waals surface area contributed by atoms with Gasteiger partial charge in [0.15, 0.2) is 0 Å². The highest BCUT2D eigenvalue weighted by atomic mass is 32.2. The van der Waals surface area contributed by atoms with Crippen LogP contribution in [0, 0.1) is 0 Å². The van der Waals surface area contributed by atoms with Gasteiger partial charge < -0.3 is 5.11 Å². The summed E-state index contributed by atoms with van der Waals surface area (Å²) < 4.78 is 0. The van der Waals surface area contributed by atoms with Gasteiger partial charge in [-0.25, -0.2) is 0 Å². The zero-order chi connectivity index (χ0) is 14.7. The molecule has 1 N–H and O–H groups in total. The van der Waals surface area contributed by atoms with Crippen molar-refractivity contribution in [2.45, 2.75) is 43.1 Å². The van der Waals surface area contributed by atoms with E-state index in [4.69, 9.17) is 0 Å². The van der Waals surface area contributed by atoms with Crippen LogP contribution in [0.5, 0.6) is 0 Å². The van der Waals surface area contributed by atoms with E-state index in [0.717, 1.165) is 16.9 Å². The molecule has 0 saturated heterocycles. The third kappa shape index (κ3) is 3.17. The van der Waals surface area contributed by atoms with Crippen LogP contribution in [-0.4, -0.2) is 10.9 Å². The third-order valence-electron chi connectivity index (χ3n) is 4.34. The number of rotatable bonds is 5. The lowest BCUT2D eigenvalue weighted by atomic mass is 9.77. The number of benzene rings is 2. The molecule has 0 spiro atoms. The van der Waals surface area contributed by atoms with Gasteiger partial charge in [0.25, 0.3) is 0 Å². The van der Waals surface area contributed by atoms with Gasteiger partial charge in [-0.1, -0.05) is 49.7 Å². The number of aliphatic hydroxyl groups is 1. The van der Waals surface area contributed by atoms with Crippen LogP contribution in [-0.2, 0) is 0 Å². The minimum atomic E-state index is -0.512. The van der Waals surface area contributed by atoms with Crippen molar-refractivity contribution in [3.05, 3.63) is 65.2 Å². The van der Waals surface area contributed by atoms with Gasteiger partial charge in [-0.15, -0.1) is 11.8 Å². The monoisotopic (exact) mass is 298 g/mol. The number of hydrogen-bond acceptors (Lipinski definition) is 2. The molecule has 0 aromatic heterocycles. The summed E-state index contributed by atoms with van der Waals surface area (Å²) in [5.74, 6) is 1.72. The van der Waals surface area contributed by atoms with Gasteiger partial charge in [0.1, 0.15) is 6.10 Å². The topological polar surface area (TPSA) is 20.2 Å². The van der Waals surface area contributed by atoms with Crippen LogP contribution >= 0.6 is 11.8 Å². The van der Waals surface area contributed by atoms with Crippen LogP contribution in [0.3, 0.4) is 0 Å². The van der Waals surface area contributed by atoms with Gasteiger partial charge in [0.05, 0.1) is 0 Å². The fraction of sp³-hybridized carbons (Fsp3) is 0.368. The Balaban J connectivity index is 1.85. The molecule has 1 aliphatic rings. The summed E-state index contributed by atoms with van der Waals surface area (Å²) in [4.78, 5) is 1.26. The number of hydrogen-bond donors (Lipinski definition) is 1. The van der Waals surface area contributed by atoms with Crippen LogP contribution in [0.1, 0.15) is 54.9 Å². The second-order valence-electron chi connectivity index (χ2n) is 5.66. The van der Waals surface area contributed by atoms with Crippen molar-refractivity contribution in [3.8, 4) is 0 Å². The Morgan fingerprint density at radius 3 is 2.43 bits per heavy atom. The van der Waals surface area contributed by atoms with Gasteiger partial charge in [-0.05, 0) is 53.3 Å². The van der Waals surface area contributed by atoms with E-state index in [0.29, 0.717) is 5.92 Å². The second kappa shape index (κ2) is 6.67. The Morgan fingerprint density at radius 1 is 1.10 bits per heavy atom. The SMILES string of the molecule is CCSc1ccc(C(O)c2ccccc2C2CCC2)cc1. The highest BCUT2D eigenvalue weighted by Gasteiger charge is 2.24. The Bertz CT molecular complexity index is 587. The molecule has 0 bridgehead atoms. The van der Waals surface area contributed by atoms with Crippen molar-refractivity contribution in [2.75, 3.05) is 5.75 Å². The van der Waals surface area contributed by atoms with E-state index >= 15 is 0 Å². The third-order valence-corrected chi connectivity index (χ3v) is 5.24. The van der Waals surface area contributed by atoms with Gasteiger partial charge >= 0.3 is 0 Å². The molecule has 0 amide bonds. The van der Waals surface area contributed by atoms with E-state index in [1.165, 1.54) is 29.7 Å². The molecule has 0 radical (unpaired) electrons. The summed E-state index contributed by atoms with van der Waals surface area (Å²) in [5, 5.41) is 10.8. The highest BCUT2D eigenvalue weighted by Crippen LogP contribution is 2.40. The van der Waals surface area contributed by atoms with Gasteiger partial charge in [0.2, 0.25) is 0 Å². The zero-order valence-corrected chi connectivity index (χ0v) is 13.3. The summed E-state index contributed by atoms with van der Waals surface area (Å²) in [6, 6.07) is 16.7. The maximum absolute atomic E-state index is 10.8. The number of thioether (sulfide) groups is 1. The first-order valence-electron chi connectivity index (χ1n) is 7.79. The van der Waals surface area contributed by atoms with Crippen molar-refractivity contribution in [1.29, 1.82) is 0 Å². The maximum atomic E-state index is 10.8. The minimum absolute atomic E-state index is 0.512. The normalized spacial score (nSPS) is 16.5. The molecule has 2 aromatic rings. The van der Waals surface area contributed by atoms with E-state index in [-0.39, 0.29) is 0 Å². The highest BCUT2D eigenvalue weighted by molar-refractivity contribution is 7.99. The van der Waals surface area contributed by atoms with E-state index in [1.807, 2.05) is 17.8 Å². The van der Waals surface area contributed by atoms with E-state index < -0.39 is 6.10 Å². The molecule has 110 valence electrons. The zero-order valence-electron chi connectivity index (χ0n) is 12.5. The minimum Gasteiger partial charge on any atom is -0.384 e. The van der Waals surface area contributed by atoms with Crippen LogP contribution in [0.4, 0.5) is 0 Å². The molecule has 2 aromatic carbocycles. The molecule has 2 heteroatoms. The van der Waals surface area contributed by atoms with Gasteiger partial charge in [0, 0.05) is 4.90 Å². The Morgan fingerprint density at radius 2 is 1.81 bits per heavy atom. The fourth-order valence-electron chi connectivity index (χ4n) is 2.94. The average Bonchev–Trinajstić information content (AvgIpc) is 2.47. The molecule has 1 unspecified atom stereocenters. The Hall–Kier alpha value is -1.25. The van der Waals surface area contributed by atoms with Crippen molar-refractivity contribution >= 4 is 11.8 Å². The predicted octanol–water partition coefficient (Wildman–Crippen LogP) is 5.15. The lowest BCUT2D eigenvalue weighted by Crippen LogP contribution is -2.13. The quantitative estimate of drug-likeness (QED) is 0.771. The van der Waals surface area contributed by atoms with Gasteiger partial charge in [-0.3, -0.25) is 0 Å². The first kappa shape index (κ1) is 14.7. The molecular formula is C19H22OS. The number of aliphatic hydroxyl groups excluding tert-OH is 1. The van der Waals surface area contributed by atoms with Crippen LogP contribution < -0.4 is 0 Å². The molecular weight excluding hydrogens is 276 g/mol. The molecule has 21 heavy (non-hydrogen) atoms. The summed E-state index contributed by atoms with van der Waals surface area (Å²) >= 11 is 1.83. The lowest BCUT2D eigenvalue weighted by molar-refractivity contribution is 0.217. The summed E-state index contributed by atoms with van der Waals surface area (Å²) in [6.07, 6.45) is 3.33. The van der Waals surface area contributed by atoms with E-state index in [9.17, 15) is 5.11 Å². The van der Waals surface area contributed by atoms with E-state index in [1.54, 1.807) is 0 Å². The van der Waals surface area contributed by atoms with E-state index in [2.05, 4.69) is 49.4 Å². The second-order valence-corrected chi connectivity index (χ2v) is 7.00. The first-order chi connectivity index (χ1) is 10.3. The van der Waals surface area contributed by atoms with Gasteiger partial charge in [-0.2, -0.15) is 0 Å². The lowest BCUT2D eigenvalue weighted by Gasteiger charge is -2.29. The average molecular weight is 298 g/mol. The summed E-state index contributed by atoms with van der Waals surface area (Å²) in [5.41, 5.74) is 3.41. The van der Waals surface area contributed by atoms with Crippen molar-refractivity contribution < 1.29 is 5.11 Å². The van der Waals surface area contributed by atoms with Crippen molar-refractivity contribution in [1.82, 2.24) is 0 Å². The molecule has 1 aliphatic carbocycles. The molecule has 1 saturated carbocycles. The Labute approximate surface area is 131 Å². The molecule has 3 rings (SSSR count). The molecule has 0 aliphatic heterocycles. The summed E-state index contributed by atoms with van der Waals surface area (Å²) in [7, 11) is 0. The molecule has 1 fully saturated rings. The standard InChI is InChI=1S/C19H22OS/c1-2-21-16-12-10-15(11-13-16)19(20)18-9-4-3-8-17(18)14-6-5-7-14/h3-4,8-14,19-20H,2,5-7H2,1H3. The molecule has 0 heterocycles. The van der Waals surface area contributed by atoms with Crippen LogP contribution in [0.2, 0.25) is 0 Å². The van der Waals surface area contributed by atoms with Crippen LogP contribution in [0.15, 0.2) is 53.4 Å². The molecule has 1 atom stereocenters. The Kier molecular flexibility index (Phi) is 4.67. The largest absolute Gasteiger partial charge is 0.384 e.